The Labute approximate surface area is 139 Å². The molecule has 0 saturated carbocycles. The Morgan fingerprint density at radius 2 is 1.92 bits per heavy atom. The number of tetrazole rings is 1. The molecule has 0 aliphatic rings. The summed E-state index contributed by atoms with van der Waals surface area (Å²) in [5, 5.41) is 15.2. The Bertz CT molecular complexity index is 868. The summed E-state index contributed by atoms with van der Waals surface area (Å²) in [4.78, 5) is 12.1. The van der Waals surface area contributed by atoms with E-state index in [1.54, 1.807) is 10.7 Å². The van der Waals surface area contributed by atoms with E-state index < -0.39 is 0 Å². The summed E-state index contributed by atoms with van der Waals surface area (Å²) in [6.45, 7) is 3.78. The summed E-state index contributed by atoms with van der Waals surface area (Å²) in [5.74, 6) is -0.233. The van der Waals surface area contributed by atoms with Gasteiger partial charge in [-0.25, -0.2) is 10.1 Å². The summed E-state index contributed by atoms with van der Waals surface area (Å²) in [6, 6.07) is 14.9. The van der Waals surface area contributed by atoms with Crippen LogP contribution in [0.2, 0.25) is 0 Å². The van der Waals surface area contributed by atoms with Crippen molar-refractivity contribution in [2.75, 3.05) is 0 Å². The SMILES string of the molecule is CC(=NNC(=O)c1cccc(C)c1)c1ccc(-n2cnnn2)cc1. The predicted octanol–water partition coefficient (Wildman–Crippen LogP) is 2.12. The largest absolute Gasteiger partial charge is 0.271 e. The lowest BCUT2D eigenvalue weighted by Gasteiger charge is -2.05. The number of hydrazone groups is 1. The first-order valence-electron chi connectivity index (χ1n) is 7.38. The van der Waals surface area contributed by atoms with Crippen LogP contribution in [0.4, 0.5) is 0 Å². The highest BCUT2D eigenvalue weighted by atomic mass is 16.2. The molecule has 2 aromatic carbocycles. The van der Waals surface area contributed by atoms with Gasteiger partial charge in [0.1, 0.15) is 6.33 Å². The monoisotopic (exact) mass is 320 g/mol. The van der Waals surface area contributed by atoms with E-state index in [2.05, 4.69) is 26.1 Å². The number of nitrogens with zero attached hydrogens (tertiary/aromatic N) is 5. The molecule has 0 bridgehead atoms. The number of aromatic nitrogens is 4. The lowest BCUT2D eigenvalue weighted by molar-refractivity contribution is 0.0954. The van der Waals surface area contributed by atoms with Crippen LogP contribution >= 0.6 is 0 Å². The van der Waals surface area contributed by atoms with Crippen molar-refractivity contribution in [2.24, 2.45) is 5.10 Å². The first kappa shape index (κ1) is 15.5. The molecule has 3 aromatic rings. The predicted molar refractivity (Wildman–Crippen MR) is 90.0 cm³/mol. The van der Waals surface area contributed by atoms with Crippen molar-refractivity contribution < 1.29 is 4.79 Å². The van der Waals surface area contributed by atoms with Crippen LogP contribution in [0.25, 0.3) is 5.69 Å². The van der Waals surface area contributed by atoms with Gasteiger partial charge in [0.25, 0.3) is 5.91 Å². The highest BCUT2D eigenvalue weighted by molar-refractivity contribution is 6.01. The van der Waals surface area contributed by atoms with Crippen molar-refractivity contribution in [1.82, 2.24) is 25.6 Å². The molecule has 0 aliphatic heterocycles. The number of amides is 1. The molecule has 0 spiro atoms. The van der Waals surface area contributed by atoms with Crippen LogP contribution in [0.15, 0.2) is 60.0 Å². The lowest BCUT2D eigenvalue weighted by Crippen LogP contribution is -2.19. The summed E-state index contributed by atoms with van der Waals surface area (Å²) < 4.78 is 1.57. The van der Waals surface area contributed by atoms with Crippen LogP contribution in [-0.2, 0) is 0 Å². The molecule has 0 unspecified atom stereocenters. The zero-order valence-corrected chi connectivity index (χ0v) is 13.3. The van der Waals surface area contributed by atoms with Gasteiger partial charge in [-0.15, -0.1) is 5.10 Å². The fraction of sp³-hybridized carbons (Fsp3) is 0.118. The van der Waals surface area contributed by atoms with Gasteiger partial charge in [-0.2, -0.15) is 5.10 Å². The van der Waals surface area contributed by atoms with Crippen molar-refractivity contribution in [3.63, 3.8) is 0 Å². The number of carbonyl (C=O) groups excluding carboxylic acids is 1. The maximum absolute atomic E-state index is 12.1. The summed E-state index contributed by atoms with van der Waals surface area (Å²) >= 11 is 0. The third-order valence-electron chi connectivity index (χ3n) is 3.50. The summed E-state index contributed by atoms with van der Waals surface area (Å²) in [6.07, 6.45) is 1.53. The van der Waals surface area contributed by atoms with Gasteiger partial charge >= 0.3 is 0 Å². The fourth-order valence-corrected chi connectivity index (χ4v) is 2.18. The molecule has 0 saturated heterocycles. The molecule has 0 radical (unpaired) electrons. The van der Waals surface area contributed by atoms with Gasteiger partial charge in [-0.1, -0.05) is 29.8 Å². The van der Waals surface area contributed by atoms with E-state index in [0.29, 0.717) is 11.3 Å². The number of carbonyl (C=O) groups is 1. The van der Waals surface area contributed by atoms with E-state index in [1.807, 2.05) is 56.3 Å². The standard InChI is InChI=1S/C17H16N6O/c1-12-4-3-5-15(10-12)17(24)20-19-13(2)14-6-8-16(9-7-14)23-11-18-21-22-23/h3-11H,1-2H3,(H,20,24). The van der Waals surface area contributed by atoms with E-state index >= 15 is 0 Å². The average molecular weight is 320 g/mol. The molecule has 120 valence electrons. The smallest absolute Gasteiger partial charge is 0.267 e. The molecule has 24 heavy (non-hydrogen) atoms. The van der Waals surface area contributed by atoms with Crippen molar-refractivity contribution in [3.05, 3.63) is 71.5 Å². The quantitative estimate of drug-likeness (QED) is 0.589. The molecule has 7 heteroatoms. The third-order valence-corrected chi connectivity index (χ3v) is 3.50. The maximum atomic E-state index is 12.1. The first-order valence-corrected chi connectivity index (χ1v) is 7.38. The molecule has 0 aliphatic carbocycles. The van der Waals surface area contributed by atoms with Crippen molar-refractivity contribution in [1.29, 1.82) is 0 Å². The van der Waals surface area contributed by atoms with E-state index in [4.69, 9.17) is 0 Å². The van der Waals surface area contributed by atoms with Crippen LogP contribution < -0.4 is 5.43 Å². The molecule has 0 atom stereocenters. The molecule has 7 nitrogen and oxygen atoms in total. The van der Waals surface area contributed by atoms with Gasteiger partial charge in [-0.05, 0) is 54.1 Å². The van der Waals surface area contributed by atoms with Crippen molar-refractivity contribution >= 4 is 11.6 Å². The Hall–Kier alpha value is -3.35. The normalized spacial score (nSPS) is 11.3. The number of hydrogen-bond acceptors (Lipinski definition) is 5. The second-order valence-electron chi connectivity index (χ2n) is 5.31. The topological polar surface area (TPSA) is 85.1 Å². The molecule has 0 fully saturated rings. The highest BCUT2D eigenvalue weighted by Crippen LogP contribution is 2.09. The molecule has 3 rings (SSSR count). The Morgan fingerprint density at radius 3 is 2.58 bits per heavy atom. The number of aryl methyl sites for hydroxylation is 1. The second kappa shape index (κ2) is 6.82. The molecule has 1 heterocycles. The second-order valence-corrected chi connectivity index (χ2v) is 5.31. The van der Waals surface area contributed by atoms with Gasteiger partial charge in [0.15, 0.2) is 0 Å². The highest BCUT2D eigenvalue weighted by Gasteiger charge is 2.05. The van der Waals surface area contributed by atoms with Gasteiger partial charge < -0.3 is 0 Å². The molecular formula is C17H16N6O. The van der Waals surface area contributed by atoms with Gasteiger partial charge in [-0.3, -0.25) is 4.79 Å². The van der Waals surface area contributed by atoms with E-state index in [-0.39, 0.29) is 5.91 Å². The lowest BCUT2D eigenvalue weighted by atomic mass is 10.1. The summed E-state index contributed by atoms with van der Waals surface area (Å²) in [7, 11) is 0. The van der Waals surface area contributed by atoms with Crippen LogP contribution in [0.1, 0.15) is 28.4 Å². The number of benzene rings is 2. The average Bonchev–Trinajstić information content (AvgIpc) is 3.14. The van der Waals surface area contributed by atoms with Crippen LogP contribution in [-0.4, -0.2) is 31.8 Å². The van der Waals surface area contributed by atoms with Gasteiger partial charge in [0.2, 0.25) is 0 Å². The molecular weight excluding hydrogens is 304 g/mol. The molecule has 1 N–H and O–H groups in total. The summed E-state index contributed by atoms with van der Waals surface area (Å²) in [5.41, 5.74) is 6.65. The molecule has 1 amide bonds. The first-order chi connectivity index (χ1) is 11.6. The Morgan fingerprint density at radius 1 is 1.12 bits per heavy atom. The van der Waals surface area contributed by atoms with Crippen molar-refractivity contribution in [3.8, 4) is 5.69 Å². The Balaban J connectivity index is 1.70. The van der Waals surface area contributed by atoms with E-state index in [9.17, 15) is 4.79 Å². The zero-order chi connectivity index (χ0) is 16.9. The maximum Gasteiger partial charge on any atom is 0.271 e. The molecule has 1 aromatic heterocycles. The van der Waals surface area contributed by atoms with Gasteiger partial charge in [0.05, 0.1) is 11.4 Å². The van der Waals surface area contributed by atoms with Crippen LogP contribution in [0.5, 0.6) is 0 Å². The fourth-order valence-electron chi connectivity index (χ4n) is 2.18. The third kappa shape index (κ3) is 3.52. The Kier molecular flexibility index (Phi) is 4.42. The minimum Gasteiger partial charge on any atom is -0.267 e. The van der Waals surface area contributed by atoms with Crippen molar-refractivity contribution in [2.45, 2.75) is 13.8 Å². The minimum absolute atomic E-state index is 0.233. The van der Waals surface area contributed by atoms with Crippen LogP contribution in [0, 0.1) is 6.92 Å². The number of nitrogens with one attached hydrogen (secondary N) is 1. The van der Waals surface area contributed by atoms with Crippen LogP contribution in [0.3, 0.4) is 0 Å². The van der Waals surface area contributed by atoms with E-state index in [1.165, 1.54) is 6.33 Å². The number of rotatable bonds is 4. The number of hydrogen-bond donors (Lipinski definition) is 1. The van der Waals surface area contributed by atoms with E-state index in [0.717, 1.165) is 16.8 Å². The minimum atomic E-state index is -0.233. The van der Waals surface area contributed by atoms with Gasteiger partial charge in [0, 0.05) is 5.56 Å². The zero-order valence-electron chi connectivity index (χ0n) is 13.3.